The van der Waals surface area contributed by atoms with Gasteiger partial charge in [-0.2, -0.15) is 0 Å². The van der Waals surface area contributed by atoms with Gasteiger partial charge in [0.05, 0.1) is 38.8 Å². The Morgan fingerprint density at radius 1 is 0.317 bits per heavy atom. The van der Waals surface area contributed by atoms with Crippen LogP contribution in [0.4, 0.5) is 17.1 Å². The fourth-order valence-electron chi connectivity index (χ4n) is 9.07. The Morgan fingerprint density at radius 3 is 1.45 bits per heavy atom. The molecule has 0 N–H and O–H groups in total. The molecular formula is C55H37N5. The summed E-state index contributed by atoms with van der Waals surface area (Å²) in [4.78, 5) is 7.64. The van der Waals surface area contributed by atoms with E-state index in [1.165, 1.54) is 44.1 Å². The van der Waals surface area contributed by atoms with Gasteiger partial charge in [-0.05, 0) is 107 Å². The maximum atomic E-state index is 5.29. The smallest absolute Gasteiger partial charge is 0.220 e. The largest absolute Gasteiger partial charge is 0.310 e. The molecule has 0 saturated carbocycles. The maximum absolute atomic E-state index is 5.29. The van der Waals surface area contributed by atoms with Gasteiger partial charge in [0.15, 0.2) is 0 Å². The third kappa shape index (κ3) is 5.44. The summed E-state index contributed by atoms with van der Waals surface area (Å²) >= 11 is 0. The first-order valence-corrected chi connectivity index (χ1v) is 20.4. The molecule has 3 aromatic heterocycles. The van der Waals surface area contributed by atoms with E-state index in [1.54, 1.807) is 0 Å². The highest BCUT2D eigenvalue weighted by Gasteiger charge is 2.21. The van der Waals surface area contributed by atoms with E-state index in [1.807, 2.05) is 0 Å². The predicted octanol–water partition coefficient (Wildman–Crippen LogP) is 14.3. The van der Waals surface area contributed by atoms with Gasteiger partial charge in [-0.25, -0.2) is 4.98 Å². The Morgan fingerprint density at radius 2 is 0.833 bits per heavy atom. The monoisotopic (exact) mass is 767 g/mol. The van der Waals surface area contributed by atoms with E-state index in [-0.39, 0.29) is 0 Å². The second-order valence-electron chi connectivity index (χ2n) is 15.3. The van der Waals surface area contributed by atoms with Gasteiger partial charge in [-0.3, -0.25) is 8.97 Å². The number of nitrogens with zero attached hydrogens (tertiary/aromatic N) is 5. The molecule has 0 radical (unpaired) electrons. The molecule has 0 atom stereocenters. The molecule has 5 nitrogen and oxygen atoms in total. The first-order valence-electron chi connectivity index (χ1n) is 20.4. The number of fused-ring (bicyclic) bond motifs is 8. The van der Waals surface area contributed by atoms with Crippen LogP contribution in [0, 0.1) is 0 Å². The molecule has 0 aliphatic rings. The summed E-state index contributed by atoms with van der Waals surface area (Å²) in [5.41, 5.74) is 16.7. The minimum Gasteiger partial charge on any atom is -0.310 e. The minimum absolute atomic E-state index is 0.869. The van der Waals surface area contributed by atoms with Gasteiger partial charge >= 0.3 is 0 Å². The number of rotatable bonds is 7. The van der Waals surface area contributed by atoms with E-state index in [4.69, 9.17) is 4.98 Å². The van der Waals surface area contributed by atoms with Crippen molar-refractivity contribution >= 4 is 66.7 Å². The first kappa shape index (κ1) is 33.9. The third-order valence-corrected chi connectivity index (χ3v) is 11.8. The first-order chi connectivity index (χ1) is 29.8. The van der Waals surface area contributed by atoms with Gasteiger partial charge in [0.1, 0.15) is 0 Å². The standard InChI is InChI=1S/C55H37N5/c1-3-14-38(15-4-1)40-26-30-42(31-27-40)57(43-32-28-41(29-33-43)39-16-5-2-6-17-39)44-18-13-19-45(36-44)59-53-35-34-46(37-54(53)60-52-25-12-9-22-49(52)56-55(59)60)58-50-23-10-7-20-47(50)48-21-8-11-24-51(48)58/h1-37H. The fourth-order valence-corrected chi connectivity index (χ4v) is 9.07. The molecule has 12 rings (SSSR count). The molecule has 0 fully saturated rings. The Kier molecular flexibility index (Phi) is 7.78. The second-order valence-corrected chi connectivity index (χ2v) is 15.3. The minimum atomic E-state index is 0.869. The SMILES string of the molecule is c1ccc(-c2ccc(N(c3ccc(-c4ccccc4)cc3)c3cccc(-n4c5ccc(-n6c7ccccc7c7ccccc76)cc5n5c6ccccc6nc45)c3)cc2)cc1. The molecule has 0 unspecified atom stereocenters. The van der Waals surface area contributed by atoms with Crippen molar-refractivity contribution < 1.29 is 0 Å². The van der Waals surface area contributed by atoms with E-state index < -0.39 is 0 Å². The number of hydrogen-bond acceptors (Lipinski definition) is 2. The molecule has 0 saturated heterocycles. The zero-order valence-corrected chi connectivity index (χ0v) is 32.6. The van der Waals surface area contributed by atoms with Crippen LogP contribution in [-0.4, -0.2) is 18.5 Å². The van der Waals surface area contributed by atoms with Crippen LogP contribution in [-0.2, 0) is 0 Å². The van der Waals surface area contributed by atoms with Crippen LogP contribution in [0.5, 0.6) is 0 Å². The van der Waals surface area contributed by atoms with Crippen LogP contribution in [0.25, 0.3) is 83.3 Å². The Balaban J connectivity index is 1.04. The molecule has 282 valence electrons. The normalized spacial score (nSPS) is 11.7. The van der Waals surface area contributed by atoms with Crippen molar-refractivity contribution in [2.24, 2.45) is 0 Å². The number of hydrogen-bond donors (Lipinski definition) is 0. The van der Waals surface area contributed by atoms with Crippen molar-refractivity contribution in [1.82, 2.24) is 18.5 Å². The number of para-hydroxylation sites is 4. The number of aromatic nitrogens is 4. The summed E-state index contributed by atoms with van der Waals surface area (Å²) in [6, 6.07) is 80.3. The van der Waals surface area contributed by atoms with Crippen molar-refractivity contribution in [2.75, 3.05) is 4.90 Å². The molecule has 5 heteroatoms. The average Bonchev–Trinajstić information content (AvgIpc) is 3.97. The van der Waals surface area contributed by atoms with Crippen LogP contribution in [0.1, 0.15) is 0 Å². The van der Waals surface area contributed by atoms with Gasteiger partial charge < -0.3 is 9.47 Å². The quantitative estimate of drug-likeness (QED) is 0.162. The molecule has 9 aromatic carbocycles. The number of imidazole rings is 2. The van der Waals surface area contributed by atoms with E-state index in [0.717, 1.165) is 56.3 Å². The summed E-state index contributed by atoms with van der Waals surface area (Å²) in [5, 5.41) is 2.49. The van der Waals surface area contributed by atoms with Gasteiger partial charge in [0, 0.05) is 33.5 Å². The molecule has 3 heterocycles. The maximum Gasteiger partial charge on any atom is 0.220 e. The van der Waals surface area contributed by atoms with Crippen molar-refractivity contribution in [3.63, 3.8) is 0 Å². The molecule has 0 amide bonds. The second kappa shape index (κ2) is 13.8. The summed E-state index contributed by atoms with van der Waals surface area (Å²) in [6.45, 7) is 0. The summed E-state index contributed by atoms with van der Waals surface area (Å²) in [5.74, 6) is 0.869. The van der Waals surface area contributed by atoms with E-state index in [0.29, 0.717) is 0 Å². The molecule has 0 spiro atoms. The van der Waals surface area contributed by atoms with Crippen LogP contribution < -0.4 is 4.90 Å². The lowest BCUT2D eigenvalue weighted by molar-refractivity contribution is 1.11. The highest BCUT2D eigenvalue weighted by atomic mass is 15.2. The average molecular weight is 768 g/mol. The number of benzene rings is 9. The number of anilines is 3. The van der Waals surface area contributed by atoms with Crippen molar-refractivity contribution in [2.45, 2.75) is 0 Å². The van der Waals surface area contributed by atoms with E-state index in [9.17, 15) is 0 Å². The van der Waals surface area contributed by atoms with Gasteiger partial charge in [0.25, 0.3) is 0 Å². The van der Waals surface area contributed by atoms with Gasteiger partial charge in [-0.15, -0.1) is 0 Å². The van der Waals surface area contributed by atoms with Crippen molar-refractivity contribution in [3.05, 3.63) is 224 Å². The molecule has 60 heavy (non-hydrogen) atoms. The zero-order chi connectivity index (χ0) is 39.6. The Labute approximate surface area is 346 Å². The topological polar surface area (TPSA) is 30.4 Å². The lowest BCUT2D eigenvalue weighted by Gasteiger charge is -2.26. The van der Waals surface area contributed by atoms with Crippen molar-refractivity contribution in [1.29, 1.82) is 0 Å². The van der Waals surface area contributed by atoms with Crippen LogP contribution in [0.2, 0.25) is 0 Å². The van der Waals surface area contributed by atoms with E-state index in [2.05, 4.69) is 243 Å². The van der Waals surface area contributed by atoms with Gasteiger partial charge in [-0.1, -0.05) is 140 Å². The zero-order valence-electron chi connectivity index (χ0n) is 32.6. The highest BCUT2D eigenvalue weighted by Crippen LogP contribution is 2.40. The molecule has 0 aliphatic carbocycles. The molecule has 12 aromatic rings. The van der Waals surface area contributed by atoms with E-state index >= 15 is 0 Å². The van der Waals surface area contributed by atoms with Crippen LogP contribution in [0.15, 0.2) is 224 Å². The molecular weight excluding hydrogens is 731 g/mol. The summed E-state index contributed by atoms with van der Waals surface area (Å²) in [7, 11) is 0. The summed E-state index contributed by atoms with van der Waals surface area (Å²) in [6.07, 6.45) is 0. The molecule has 0 bridgehead atoms. The summed E-state index contributed by atoms with van der Waals surface area (Å²) < 4.78 is 7.01. The van der Waals surface area contributed by atoms with Crippen LogP contribution >= 0.6 is 0 Å². The Hall–Kier alpha value is -8.15. The van der Waals surface area contributed by atoms with Gasteiger partial charge in [0.2, 0.25) is 5.78 Å². The van der Waals surface area contributed by atoms with Crippen molar-refractivity contribution in [3.8, 4) is 33.6 Å². The lowest BCUT2D eigenvalue weighted by atomic mass is 10.0. The third-order valence-electron chi connectivity index (χ3n) is 11.8. The fraction of sp³-hybridized carbons (Fsp3) is 0. The lowest BCUT2D eigenvalue weighted by Crippen LogP contribution is -2.10. The highest BCUT2D eigenvalue weighted by molar-refractivity contribution is 6.09. The Bertz CT molecular complexity index is 3390. The van der Waals surface area contributed by atoms with Crippen LogP contribution in [0.3, 0.4) is 0 Å². The molecule has 0 aliphatic heterocycles. The predicted molar refractivity (Wildman–Crippen MR) is 249 cm³/mol.